The van der Waals surface area contributed by atoms with E-state index in [1.54, 1.807) is 12.3 Å². The highest BCUT2D eigenvalue weighted by molar-refractivity contribution is 7.09. The summed E-state index contributed by atoms with van der Waals surface area (Å²) >= 11 is 1.49. The summed E-state index contributed by atoms with van der Waals surface area (Å²) in [5.41, 5.74) is 2.74. The molecule has 1 amide bonds. The van der Waals surface area contributed by atoms with Crippen molar-refractivity contribution in [2.24, 2.45) is 0 Å². The molecule has 0 unspecified atom stereocenters. The van der Waals surface area contributed by atoms with E-state index in [4.69, 9.17) is 4.52 Å². The van der Waals surface area contributed by atoms with Crippen molar-refractivity contribution in [3.63, 3.8) is 0 Å². The Bertz CT molecular complexity index is 733. The van der Waals surface area contributed by atoms with Crippen LogP contribution in [0.15, 0.2) is 46.4 Å². The Balaban J connectivity index is 1.69. The third-order valence-electron chi connectivity index (χ3n) is 2.96. The van der Waals surface area contributed by atoms with Gasteiger partial charge in [0.1, 0.15) is 10.7 Å². The van der Waals surface area contributed by atoms with Crippen molar-refractivity contribution in [2.75, 3.05) is 0 Å². The molecule has 3 aromatic rings. The lowest BCUT2D eigenvalue weighted by Crippen LogP contribution is -2.22. The molecular formula is C15H13N3O2S. The van der Waals surface area contributed by atoms with Crippen molar-refractivity contribution < 1.29 is 9.32 Å². The quantitative estimate of drug-likeness (QED) is 0.804. The standard InChI is InChI=1S/C15H13N3O2S/c1-10-2-4-11(5-3-10)12-8-13(20-18-12)15(19)17-9-14-16-6-7-21-14/h2-8H,9H2,1H3,(H,17,19). The predicted octanol–water partition coefficient (Wildman–Crippen LogP) is 3.04. The molecule has 1 aromatic carbocycles. The second kappa shape index (κ2) is 5.88. The average Bonchev–Trinajstić information content (AvgIpc) is 3.17. The SMILES string of the molecule is Cc1ccc(-c2cc(C(=O)NCc3nccs3)on2)cc1. The summed E-state index contributed by atoms with van der Waals surface area (Å²) in [6.45, 7) is 2.40. The highest BCUT2D eigenvalue weighted by Gasteiger charge is 2.14. The van der Waals surface area contributed by atoms with Crippen molar-refractivity contribution >= 4 is 17.2 Å². The summed E-state index contributed by atoms with van der Waals surface area (Å²) in [6, 6.07) is 9.52. The highest BCUT2D eigenvalue weighted by atomic mass is 32.1. The van der Waals surface area contributed by atoms with Crippen molar-refractivity contribution in [1.82, 2.24) is 15.5 Å². The number of carbonyl (C=O) groups is 1. The zero-order valence-corrected chi connectivity index (χ0v) is 12.2. The number of carbonyl (C=O) groups excluding carboxylic acids is 1. The van der Waals surface area contributed by atoms with E-state index < -0.39 is 0 Å². The van der Waals surface area contributed by atoms with E-state index in [1.807, 2.05) is 36.6 Å². The lowest BCUT2D eigenvalue weighted by Gasteiger charge is -1.98. The molecule has 21 heavy (non-hydrogen) atoms. The van der Waals surface area contributed by atoms with Crippen LogP contribution in [0.25, 0.3) is 11.3 Å². The minimum atomic E-state index is -0.295. The number of thiazole rings is 1. The average molecular weight is 299 g/mol. The molecule has 0 fully saturated rings. The van der Waals surface area contributed by atoms with Crippen molar-refractivity contribution in [2.45, 2.75) is 13.5 Å². The number of nitrogens with zero attached hydrogens (tertiary/aromatic N) is 2. The topological polar surface area (TPSA) is 68.0 Å². The molecule has 0 radical (unpaired) electrons. The molecule has 0 atom stereocenters. The minimum absolute atomic E-state index is 0.196. The van der Waals surface area contributed by atoms with Gasteiger partial charge in [0.15, 0.2) is 0 Å². The number of benzene rings is 1. The van der Waals surface area contributed by atoms with Gasteiger partial charge in [0.2, 0.25) is 5.76 Å². The van der Waals surface area contributed by atoms with E-state index >= 15 is 0 Å². The van der Waals surface area contributed by atoms with Crippen molar-refractivity contribution in [1.29, 1.82) is 0 Å². The zero-order chi connectivity index (χ0) is 14.7. The first-order chi connectivity index (χ1) is 10.2. The van der Waals surface area contributed by atoms with Crippen LogP contribution in [0, 0.1) is 6.92 Å². The fraction of sp³-hybridized carbons (Fsp3) is 0.133. The summed E-state index contributed by atoms with van der Waals surface area (Å²) < 4.78 is 5.10. The molecule has 0 aliphatic rings. The Morgan fingerprint density at radius 1 is 1.33 bits per heavy atom. The molecule has 6 heteroatoms. The first-order valence-corrected chi connectivity index (χ1v) is 7.30. The molecule has 0 aliphatic heterocycles. The van der Waals surface area contributed by atoms with E-state index in [-0.39, 0.29) is 11.7 Å². The van der Waals surface area contributed by atoms with E-state index in [1.165, 1.54) is 16.9 Å². The van der Waals surface area contributed by atoms with Crippen LogP contribution in [-0.2, 0) is 6.54 Å². The third kappa shape index (κ3) is 3.17. The van der Waals surface area contributed by atoms with Gasteiger partial charge in [0, 0.05) is 23.2 Å². The fourth-order valence-electron chi connectivity index (χ4n) is 1.83. The van der Waals surface area contributed by atoms with Gasteiger partial charge in [-0.05, 0) is 6.92 Å². The number of rotatable bonds is 4. The fourth-order valence-corrected chi connectivity index (χ4v) is 2.38. The van der Waals surface area contributed by atoms with Gasteiger partial charge in [-0.3, -0.25) is 4.79 Å². The van der Waals surface area contributed by atoms with Crippen LogP contribution in [0.4, 0.5) is 0 Å². The van der Waals surface area contributed by atoms with Gasteiger partial charge in [-0.15, -0.1) is 11.3 Å². The second-order valence-corrected chi connectivity index (χ2v) is 5.53. The van der Waals surface area contributed by atoms with Crippen LogP contribution in [0.1, 0.15) is 21.1 Å². The Labute approximate surface area is 125 Å². The van der Waals surface area contributed by atoms with E-state index in [0.717, 1.165) is 10.6 Å². The molecule has 2 aromatic heterocycles. The number of nitrogens with one attached hydrogen (secondary N) is 1. The molecule has 3 rings (SSSR count). The van der Waals surface area contributed by atoms with Gasteiger partial charge >= 0.3 is 0 Å². The normalized spacial score (nSPS) is 10.5. The number of hydrogen-bond acceptors (Lipinski definition) is 5. The smallest absolute Gasteiger partial charge is 0.290 e. The maximum absolute atomic E-state index is 12.0. The third-order valence-corrected chi connectivity index (χ3v) is 3.74. The van der Waals surface area contributed by atoms with Crippen molar-refractivity contribution in [3.8, 4) is 11.3 Å². The maximum atomic E-state index is 12.0. The van der Waals surface area contributed by atoms with Gasteiger partial charge in [-0.2, -0.15) is 0 Å². The molecule has 0 aliphatic carbocycles. The van der Waals surface area contributed by atoms with Crippen LogP contribution >= 0.6 is 11.3 Å². The van der Waals surface area contributed by atoms with E-state index in [0.29, 0.717) is 12.2 Å². The zero-order valence-electron chi connectivity index (χ0n) is 11.4. The van der Waals surface area contributed by atoms with Crippen LogP contribution in [0.3, 0.4) is 0 Å². The van der Waals surface area contributed by atoms with Gasteiger partial charge in [0.05, 0.1) is 6.54 Å². The molecule has 1 N–H and O–H groups in total. The first kappa shape index (κ1) is 13.5. The van der Waals surface area contributed by atoms with Crippen LogP contribution in [0.2, 0.25) is 0 Å². The molecule has 0 spiro atoms. The number of hydrogen-bond donors (Lipinski definition) is 1. The molecule has 2 heterocycles. The Hall–Kier alpha value is -2.47. The summed E-state index contributed by atoms with van der Waals surface area (Å²) in [5, 5.41) is 9.40. The summed E-state index contributed by atoms with van der Waals surface area (Å²) in [7, 11) is 0. The van der Waals surface area contributed by atoms with Gasteiger partial charge in [-0.1, -0.05) is 35.0 Å². The monoisotopic (exact) mass is 299 g/mol. The van der Waals surface area contributed by atoms with Crippen LogP contribution in [0.5, 0.6) is 0 Å². The molecule has 0 bridgehead atoms. The largest absolute Gasteiger partial charge is 0.350 e. The second-order valence-electron chi connectivity index (χ2n) is 4.55. The van der Waals surface area contributed by atoms with Crippen LogP contribution < -0.4 is 5.32 Å². The van der Waals surface area contributed by atoms with E-state index in [9.17, 15) is 4.79 Å². The highest BCUT2D eigenvalue weighted by Crippen LogP contribution is 2.19. The Kier molecular flexibility index (Phi) is 3.79. The molecule has 106 valence electrons. The van der Waals surface area contributed by atoms with Gasteiger partial charge in [0.25, 0.3) is 5.91 Å². The van der Waals surface area contributed by atoms with Crippen molar-refractivity contribution in [3.05, 3.63) is 58.2 Å². The Morgan fingerprint density at radius 3 is 2.86 bits per heavy atom. The molecule has 0 saturated carbocycles. The van der Waals surface area contributed by atoms with E-state index in [2.05, 4.69) is 15.5 Å². The first-order valence-electron chi connectivity index (χ1n) is 6.43. The molecule has 5 nitrogen and oxygen atoms in total. The summed E-state index contributed by atoms with van der Waals surface area (Å²) in [6.07, 6.45) is 1.70. The van der Waals surface area contributed by atoms with Gasteiger partial charge < -0.3 is 9.84 Å². The maximum Gasteiger partial charge on any atom is 0.290 e. The lowest BCUT2D eigenvalue weighted by atomic mass is 10.1. The minimum Gasteiger partial charge on any atom is -0.350 e. The predicted molar refractivity (Wildman–Crippen MR) is 80.0 cm³/mol. The Morgan fingerprint density at radius 2 is 2.14 bits per heavy atom. The number of aryl methyl sites for hydroxylation is 1. The molecule has 0 saturated heterocycles. The lowest BCUT2D eigenvalue weighted by molar-refractivity contribution is 0.0914. The number of aromatic nitrogens is 2. The summed E-state index contributed by atoms with van der Waals surface area (Å²) in [5.74, 6) is -0.0989. The van der Waals surface area contributed by atoms with Crippen LogP contribution in [-0.4, -0.2) is 16.0 Å². The molecular weight excluding hydrogens is 286 g/mol. The van der Waals surface area contributed by atoms with Gasteiger partial charge in [-0.25, -0.2) is 4.98 Å². The number of amides is 1. The summed E-state index contributed by atoms with van der Waals surface area (Å²) in [4.78, 5) is 16.1.